The Labute approximate surface area is 109 Å². The number of carbonyl (C=O) groups is 1. The number of nitrogens with one attached hydrogen (secondary N) is 2. The van der Waals surface area contributed by atoms with Crippen molar-refractivity contribution < 1.29 is 9.90 Å². The first-order chi connectivity index (χ1) is 9.17. The highest BCUT2D eigenvalue weighted by Gasteiger charge is 2.02. The molecule has 0 aliphatic heterocycles. The molecule has 0 bridgehead atoms. The summed E-state index contributed by atoms with van der Waals surface area (Å²) >= 11 is 0. The molecule has 2 amide bonds. The summed E-state index contributed by atoms with van der Waals surface area (Å²) in [7, 11) is 0. The number of nitroso groups, excluding NO2 is 1. The van der Waals surface area contributed by atoms with E-state index in [0.717, 1.165) is 0 Å². The van der Waals surface area contributed by atoms with Crippen LogP contribution < -0.4 is 10.6 Å². The number of urea groups is 1. The van der Waals surface area contributed by atoms with Crippen molar-refractivity contribution in [3.05, 3.63) is 53.4 Å². The highest BCUT2D eigenvalue weighted by molar-refractivity contribution is 5.99. The van der Waals surface area contributed by atoms with Crippen molar-refractivity contribution in [1.29, 1.82) is 0 Å². The summed E-state index contributed by atoms with van der Waals surface area (Å²) in [6.07, 6.45) is 0. The smallest absolute Gasteiger partial charge is 0.323 e. The van der Waals surface area contributed by atoms with Crippen LogP contribution in [0.25, 0.3) is 0 Å². The van der Waals surface area contributed by atoms with Crippen molar-refractivity contribution in [2.45, 2.75) is 0 Å². The van der Waals surface area contributed by atoms with Crippen molar-refractivity contribution in [1.82, 2.24) is 0 Å². The fourth-order valence-corrected chi connectivity index (χ4v) is 1.44. The lowest BCUT2D eigenvalue weighted by Gasteiger charge is -2.07. The molecule has 0 spiro atoms. The Morgan fingerprint density at radius 1 is 0.895 bits per heavy atom. The Bertz CT molecular complexity index is 579. The maximum atomic E-state index is 11.7. The van der Waals surface area contributed by atoms with Gasteiger partial charge in [-0.1, -0.05) is 0 Å². The Balaban J connectivity index is 1.96. The summed E-state index contributed by atoms with van der Waals surface area (Å²) < 4.78 is 0. The van der Waals surface area contributed by atoms with Crippen LogP contribution in [0.4, 0.5) is 21.9 Å². The fraction of sp³-hybridized carbons (Fsp3) is 0. The maximum Gasteiger partial charge on any atom is 0.323 e. The molecule has 0 aromatic heterocycles. The second-order valence-electron chi connectivity index (χ2n) is 3.76. The lowest BCUT2D eigenvalue weighted by atomic mass is 10.3. The van der Waals surface area contributed by atoms with E-state index in [2.05, 4.69) is 15.8 Å². The number of amides is 2. The highest BCUT2D eigenvalue weighted by atomic mass is 16.3. The molecule has 0 aliphatic rings. The Hall–Kier alpha value is -2.89. The van der Waals surface area contributed by atoms with Gasteiger partial charge in [0.25, 0.3) is 0 Å². The summed E-state index contributed by atoms with van der Waals surface area (Å²) in [4.78, 5) is 21.9. The van der Waals surface area contributed by atoms with Gasteiger partial charge in [0.05, 0.1) is 0 Å². The highest BCUT2D eigenvalue weighted by Crippen LogP contribution is 2.17. The quantitative estimate of drug-likeness (QED) is 0.581. The van der Waals surface area contributed by atoms with E-state index in [4.69, 9.17) is 5.11 Å². The van der Waals surface area contributed by atoms with Crippen molar-refractivity contribution in [2.24, 2.45) is 5.18 Å². The van der Waals surface area contributed by atoms with Gasteiger partial charge in [-0.25, -0.2) is 4.79 Å². The molecule has 0 atom stereocenters. The van der Waals surface area contributed by atoms with Crippen molar-refractivity contribution in [3.8, 4) is 5.75 Å². The fourth-order valence-electron chi connectivity index (χ4n) is 1.44. The van der Waals surface area contributed by atoms with E-state index in [-0.39, 0.29) is 5.75 Å². The molecule has 0 radical (unpaired) electrons. The minimum Gasteiger partial charge on any atom is -0.508 e. The molecule has 0 heterocycles. The minimum absolute atomic E-state index is 0.128. The van der Waals surface area contributed by atoms with Crippen molar-refractivity contribution in [3.63, 3.8) is 0 Å². The summed E-state index contributed by atoms with van der Waals surface area (Å²) in [5.74, 6) is 0.128. The van der Waals surface area contributed by atoms with Crippen LogP contribution in [-0.2, 0) is 0 Å². The molecule has 6 heteroatoms. The van der Waals surface area contributed by atoms with Crippen LogP contribution in [0.3, 0.4) is 0 Å². The van der Waals surface area contributed by atoms with Crippen LogP contribution in [-0.4, -0.2) is 11.1 Å². The predicted octanol–water partition coefficient (Wildman–Crippen LogP) is 3.43. The summed E-state index contributed by atoms with van der Waals surface area (Å²) in [5.41, 5.74) is 1.40. The number of rotatable bonds is 3. The molecule has 2 aromatic carbocycles. The van der Waals surface area contributed by atoms with Gasteiger partial charge in [0.2, 0.25) is 0 Å². The number of anilines is 2. The topological polar surface area (TPSA) is 90.8 Å². The minimum atomic E-state index is -0.419. The predicted molar refractivity (Wildman–Crippen MR) is 72.6 cm³/mol. The van der Waals surface area contributed by atoms with E-state index < -0.39 is 6.03 Å². The number of nitrogens with zero attached hydrogens (tertiary/aromatic N) is 1. The standard InChI is InChI=1S/C13H11N3O3/c17-12-7-5-10(6-8-12)15-13(18)14-9-1-3-11(16-19)4-2-9/h1-8,17H,(H2,14,15,18). The molecule has 2 aromatic rings. The van der Waals surface area contributed by atoms with Gasteiger partial charge in [-0.3, -0.25) is 0 Å². The zero-order valence-corrected chi connectivity index (χ0v) is 9.83. The van der Waals surface area contributed by atoms with E-state index in [0.29, 0.717) is 17.1 Å². The molecule has 0 unspecified atom stereocenters. The van der Waals surface area contributed by atoms with Crippen LogP contribution in [0.1, 0.15) is 0 Å². The van der Waals surface area contributed by atoms with Crippen molar-refractivity contribution in [2.75, 3.05) is 10.6 Å². The number of phenols is 1. The van der Waals surface area contributed by atoms with Gasteiger partial charge < -0.3 is 15.7 Å². The molecule has 2 rings (SSSR count). The molecule has 0 saturated carbocycles. The number of hydrogen-bond donors (Lipinski definition) is 3. The number of hydrogen-bond acceptors (Lipinski definition) is 4. The van der Waals surface area contributed by atoms with Gasteiger partial charge in [-0.2, -0.15) is 0 Å². The maximum absolute atomic E-state index is 11.7. The number of aromatic hydroxyl groups is 1. The van der Waals surface area contributed by atoms with Gasteiger partial charge in [0, 0.05) is 11.4 Å². The Kier molecular flexibility index (Phi) is 3.72. The van der Waals surface area contributed by atoms with Crippen molar-refractivity contribution >= 4 is 23.1 Å². The molecule has 19 heavy (non-hydrogen) atoms. The SMILES string of the molecule is O=Nc1ccc(NC(=O)Nc2ccc(O)cc2)cc1. The lowest BCUT2D eigenvalue weighted by molar-refractivity contribution is 0.262. The number of carbonyl (C=O) groups excluding carboxylic acids is 1. The van der Waals surface area contributed by atoms with E-state index in [1.54, 1.807) is 24.3 Å². The Morgan fingerprint density at radius 3 is 1.84 bits per heavy atom. The molecular formula is C13H11N3O3. The van der Waals surface area contributed by atoms with Gasteiger partial charge in [-0.15, -0.1) is 4.91 Å². The molecule has 0 saturated heterocycles. The van der Waals surface area contributed by atoms with E-state index >= 15 is 0 Å². The first-order valence-electron chi connectivity index (χ1n) is 5.48. The van der Waals surface area contributed by atoms with Crippen LogP contribution in [0.15, 0.2) is 53.7 Å². The first kappa shape index (κ1) is 12.6. The average Bonchev–Trinajstić information content (AvgIpc) is 2.42. The average molecular weight is 257 g/mol. The molecule has 3 N–H and O–H groups in total. The zero-order valence-electron chi connectivity index (χ0n) is 9.83. The third-order valence-corrected chi connectivity index (χ3v) is 2.36. The van der Waals surface area contributed by atoms with Gasteiger partial charge in [0.15, 0.2) is 0 Å². The molecule has 0 fully saturated rings. The summed E-state index contributed by atoms with van der Waals surface area (Å²) in [5, 5.41) is 17.1. The summed E-state index contributed by atoms with van der Waals surface area (Å²) in [6.45, 7) is 0. The van der Waals surface area contributed by atoms with Crippen LogP contribution in [0.5, 0.6) is 5.75 Å². The van der Waals surface area contributed by atoms with E-state index in [1.807, 2.05) is 0 Å². The molecule has 6 nitrogen and oxygen atoms in total. The largest absolute Gasteiger partial charge is 0.508 e. The zero-order chi connectivity index (χ0) is 13.7. The van der Waals surface area contributed by atoms with E-state index in [1.165, 1.54) is 24.3 Å². The summed E-state index contributed by atoms with van der Waals surface area (Å²) in [6, 6.07) is 11.8. The van der Waals surface area contributed by atoms with Gasteiger partial charge in [-0.05, 0) is 53.7 Å². The van der Waals surface area contributed by atoms with Crippen LogP contribution >= 0.6 is 0 Å². The third-order valence-electron chi connectivity index (χ3n) is 2.36. The number of phenolic OH excluding ortho intramolecular Hbond substituents is 1. The molecular weight excluding hydrogens is 246 g/mol. The monoisotopic (exact) mass is 257 g/mol. The lowest BCUT2D eigenvalue weighted by Crippen LogP contribution is -2.19. The van der Waals surface area contributed by atoms with Crippen LogP contribution in [0.2, 0.25) is 0 Å². The molecule has 0 aliphatic carbocycles. The van der Waals surface area contributed by atoms with Gasteiger partial charge in [0.1, 0.15) is 11.4 Å². The van der Waals surface area contributed by atoms with Gasteiger partial charge >= 0.3 is 6.03 Å². The molecule has 96 valence electrons. The second-order valence-corrected chi connectivity index (χ2v) is 3.76. The Morgan fingerprint density at radius 2 is 1.37 bits per heavy atom. The third kappa shape index (κ3) is 3.53. The van der Waals surface area contributed by atoms with Crippen LogP contribution in [0, 0.1) is 4.91 Å². The second kappa shape index (κ2) is 5.63. The number of benzene rings is 2. The first-order valence-corrected chi connectivity index (χ1v) is 5.48. The van der Waals surface area contributed by atoms with E-state index in [9.17, 15) is 9.70 Å². The normalized spacial score (nSPS) is 9.68.